The third-order valence-corrected chi connectivity index (χ3v) is 6.77. The molecule has 0 bridgehead atoms. The van der Waals surface area contributed by atoms with E-state index in [0.29, 0.717) is 24.0 Å². The molecule has 4 heterocycles. The third-order valence-electron chi connectivity index (χ3n) is 6.77. The summed E-state index contributed by atoms with van der Waals surface area (Å²) in [5.74, 6) is 0.133. The molecule has 2 aliphatic rings. The van der Waals surface area contributed by atoms with E-state index >= 15 is 0 Å². The first-order valence-electron chi connectivity index (χ1n) is 11.3. The molecule has 3 N–H and O–H groups in total. The zero-order chi connectivity index (χ0) is 24.3. The molecule has 0 saturated heterocycles. The van der Waals surface area contributed by atoms with Crippen molar-refractivity contribution in [3.05, 3.63) is 71.0 Å². The van der Waals surface area contributed by atoms with Crippen LogP contribution >= 0.6 is 0 Å². The van der Waals surface area contributed by atoms with Crippen LogP contribution in [0, 0.1) is 0 Å². The van der Waals surface area contributed by atoms with Crippen LogP contribution in [0.3, 0.4) is 0 Å². The lowest BCUT2D eigenvalue weighted by Crippen LogP contribution is -2.31. The van der Waals surface area contributed by atoms with Gasteiger partial charge >= 0.3 is 5.97 Å². The molecule has 0 unspecified atom stereocenters. The summed E-state index contributed by atoms with van der Waals surface area (Å²) in [5.41, 5.74) is 4.94. The molecule has 0 atom stereocenters. The first-order valence-corrected chi connectivity index (χ1v) is 11.3. The lowest BCUT2D eigenvalue weighted by Gasteiger charge is -2.29. The van der Waals surface area contributed by atoms with E-state index in [2.05, 4.69) is 30.6 Å². The summed E-state index contributed by atoms with van der Waals surface area (Å²) in [7, 11) is 0. The summed E-state index contributed by atoms with van der Waals surface area (Å²) < 4.78 is 1.67. The lowest BCUT2D eigenvalue weighted by molar-refractivity contribution is -0.119. The Morgan fingerprint density at radius 1 is 1.17 bits per heavy atom. The molecule has 0 radical (unpaired) electrons. The SMILES string of the molecule is CC1(C)C(=O)Nc2cc(Nc3nc4c(N5CCc6ccc(C(=O)O)cc6C5)nccn4n3)ccc21. The number of nitrogens with one attached hydrogen (secondary N) is 2. The first kappa shape index (κ1) is 21.1. The molecular formula is C25H23N7O3. The largest absolute Gasteiger partial charge is 0.478 e. The van der Waals surface area contributed by atoms with Crippen molar-refractivity contribution in [1.29, 1.82) is 0 Å². The number of aromatic carboxylic acids is 1. The molecule has 1 amide bonds. The van der Waals surface area contributed by atoms with Gasteiger partial charge in [-0.3, -0.25) is 4.79 Å². The van der Waals surface area contributed by atoms with E-state index < -0.39 is 11.4 Å². The molecule has 0 aliphatic carbocycles. The summed E-state index contributed by atoms with van der Waals surface area (Å²) in [5, 5.41) is 20.1. The van der Waals surface area contributed by atoms with Gasteiger partial charge in [0.15, 0.2) is 11.5 Å². The Bertz CT molecular complexity index is 1530. The number of amides is 1. The highest BCUT2D eigenvalue weighted by atomic mass is 16.4. The number of carboxylic acid groups (broad SMARTS) is 1. The highest BCUT2D eigenvalue weighted by molar-refractivity contribution is 6.06. The van der Waals surface area contributed by atoms with Crippen molar-refractivity contribution in [2.75, 3.05) is 22.1 Å². The molecule has 0 fully saturated rings. The van der Waals surface area contributed by atoms with E-state index in [4.69, 9.17) is 0 Å². The van der Waals surface area contributed by atoms with Crippen molar-refractivity contribution in [2.45, 2.75) is 32.2 Å². The average Bonchev–Trinajstić information content (AvgIpc) is 3.34. The standard InChI is InChI=1S/C25H23N7O3/c1-25(2)18-6-5-17(12-19(18)28-23(25)35)27-24-29-21-20(26-8-10-32(21)30-24)31-9-7-14-3-4-15(22(33)34)11-16(14)13-31/h3-6,8,10-12H,7,9,13H2,1-2H3,(H,27,30)(H,28,35)(H,33,34). The molecule has 0 saturated carbocycles. The normalized spacial score (nSPS) is 16.1. The van der Waals surface area contributed by atoms with E-state index in [9.17, 15) is 14.7 Å². The van der Waals surface area contributed by atoms with Gasteiger partial charge in [-0.25, -0.2) is 14.3 Å². The van der Waals surface area contributed by atoms with Gasteiger partial charge in [0.2, 0.25) is 11.9 Å². The molecule has 35 heavy (non-hydrogen) atoms. The van der Waals surface area contributed by atoms with E-state index in [1.54, 1.807) is 29.0 Å². The average molecular weight is 470 g/mol. The zero-order valence-electron chi connectivity index (χ0n) is 19.2. The number of hydrogen-bond donors (Lipinski definition) is 3. The van der Waals surface area contributed by atoms with Crippen molar-refractivity contribution in [3.8, 4) is 0 Å². The maximum Gasteiger partial charge on any atom is 0.335 e. The molecule has 6 rings (SSSR count). The summed E-state index contributed by atoms with van der Waals surface area (Å²) in [4.78, 5) is 35.0. The van der Waals surface area contributed by atoms with Crippen LogP contribution in [0.2, 0.25) is 0 Å². The second-order valence-electron chi connectivity index (χ2n) is 9.38. The van der Waals surface area contributed by atoms with Crippen molar-refractivity contribution >= 4 is 40.7 Å². The van der Waals surface area contributed by atoms with Gasteiger partial charge in [0, 0.05) is 36.9 Å². The van der Waals surface area contributed by atoms with Gasteiger partial charge in [0.05, 0.1) is 11.0 Å². The number of carbonyl (C=O) groups is 2. The van der Waals surface area contributed by atoms with Gasteiger partial charge in [-0.05, 0) is 61.2 Å². The molecule has 10 nitrogen and oxygen atoms in total. The predicted molar refractivity (Wildman–Crippen MR) is 130 cm³/mol. The fraction of sp³-hybridized carbons (Fsp3) is 0.240. The number of nitrogens with zero attached hydrogens (tertiary/aromatic N) is 5. The number of aromatic nitrogens is 4. The quantitative estimate of drug-likeness (QED) is 0.416. The van der Waals surface area contributed by atoms with E-state index in [1.165, 1.54) is 0 Å². The minimum Gasteiger partial charge on any atom is -0.478 e. The summed E-state index contributed by atoms with van der Waals surface area (Å²) in [6, 6.07) is 11.0. The highest BCUT2D eigenvalue weighted by Crippen LogP contribution is 2.39. The molecule has 2 aromatic heterocycles. The van der Waals surface area contributed by atoms with Crippen LogP contribution in [0.4, 0.5) is 23.1 Å². The number of anilines is 4. The smallest absolute Gasteiger partial charge is 0.335 e. The second-order valence-corrected chi connectivity index (χ2v) is 9.38. The van der Waals surface area contributed by atoms with Gasteiger partial charge in [-0.15, -0.1) is 5.10 Å². The molecular weight excluding hydrogens is 446 g/mol. The maximum absolute atomic E-state index is 12.3. The van der Waals surface area contributed by atoms with E-state index in [-0.39, 0.29) is 11.5 Å². The summed E-state index contributed by atoms with van der Waals surface area (Å²) >= 11 is 0. The lowest BCUT2D eigenvalue weighted by atomic mass is 9.86. The highest BCUT2D eigenvalue weighted by Gasteiger charge is 2.38. The summed E-state index contributed by atoms with van der Waals surface area (Å²) in [6.07, 6.45) is 4.20. The molecule has 10 heteroatoms. The number of hydrogen-bond acceptors (Lipinski definition) is 7. The number of carboxylic acids is 1. The van der Waals surface area contributed by atoms with Gasteiger partial charge < -0.3 is 20.6 Å². The Hall–Kier alpha value is -4.47. The summed E-state index contributed by atoms with van der Waals surface area (Å²) in [6.45, 7) is 5.09. The van der Waals surface area contributed by atoms with Crippen molar-refractivity contribution in [3.63, 3.8) is 0 Å². The molecule has 4 aromatic rings. The van der Waals surface area contributed by atoms with Crippen molar-refractivity contribution < 1.29 is 14.7 Å². The first-order chi connectivity index (χ1) is 16.8. The Morgan fingerprint density at radius 3 is 2.86 bits per heavy atom. The predicted octanol–water partition coefficient (Wildman–Crippen LogP) is 3.36. The number of benzene rings is 2. The van der Waals surface area contributed by atoms with Crippen LogP contribution in [0.25, 0.3) is 5.65 Å². The van der Waals surface area contributed by atoms with Crippen LogP contribution in [-0.4, -0.2) is 43.1 Å². The van der Waals surface area contributed by atoms with Crippen LogP contribution in [0.15, 0.2) is 48.8 Å². The Kier molecular flexibility index (Phi) is 4.53. The van der Waals surface area contributed by atoms with Crippen LogP contribution < -0.4 is 15.5 Å². The Morgan fingerprint density at radius 2 is 2.03 bits per heavy atom. The topological polar surface area (TPSA) is 125 Å². The third kappa shape index (κ3) is 3.45. The fourth-order valence-electron chi connectivity index (χ4n) is 4.75. The van der Waals surface area contributed by atoms with Crippen molar-refractivity contribution in [1.82, 2.24) is 19.6 Å². The van der Waals surface area contributed by atoms with Crippen LogP contribution in [0.5, 0.6) is 0 Å². The van der Waals surface area contributed by atoms with Gasteiger partial charge in [-0.2, -0.15) is 4.98 Å². The van der Waals surface area contributed by atoms with Crippen LogP contribution in [-0.2, 0) is 23.2 Å². The van der Waals surface area contributed by atoms with E-state index in [0.717, 1.165) is 41.0 Å². The van der Waals surface area contributed by atoms with Gasteiger partial charge in [-0.1, -0.05) is 12.1 Å². The fourth-order valence-corrected chi connectivity index (χ4v) is 4.75. The monoisotopic (exact) mass is 469 g/mol. The molecule has 2 aliphatic heterocycles. The van der Waals surface area contributed by atoms with Gasteiger partial charge in [0.1, 0.15) is 0 Å². The number of carbonyl (C=O) groups excluding carboxylic acids is 1. The second kappa shape index (κ2) is 7.52. The minimum absolute atomic E-state index is 0.0233. The maximum atomic E-state index is 12.3. The Labute approximate surface area is 200 Å². The minimum atomic E-state index is -0.937. The number of fused-ring (bicyclic) bond motifs is 3. The molecule has 2 aromatic carbocycles. The Balaban J connectivity index is 1.29. The zero-order valence-corrected chi connectivity index (χ0v) is 19.2. The number of rotatable bonds is 4. The van der Waals surface area contributed by atoms with E-state index in [1.807, 2.05) is 38.1 Å². The van der Waals surface area contributed by atoms with Crippen molar-refractivity contribution in [2.24, 2.45) is 0 Å². The van der Waals surface area contributed by atoms with Gasteiger partial charge in [0.25, 0.3) is 0 Å². The molecule has 0 spiro atoms. The van der Waals surface area contributed by atoms with Crippen LogP contribution in [0.1, 0.15) is 40.9 Å². The molecule has 176 valence electrons.